The van der Waals surface area contributed by atoms with Gasteiger partial charge in [-0.3, -0.25) is 0 Å². The van der Waals surface area contributed by atoms with Crippen molar-refractivity contribution in [1.29, 1.82) is 5.26 Å². The first-order valence-electron chi connectivity index (χ1n) is 5.26. The third-order valence-electron chi connectivity index (χ3n) is 2.18. The highest BCUT2D eigenvalue weighted by Crippen LogP contribution is 2.18. The summed E-state index contributed by atoms with van der Waals surface area (Å²) in [7, 11) is 0. The zero-order valence-electron chi connectivity index (χ0n) is 9.29. The lowest BCUT2D eigenvalue weighted by Gasteiger charge is -2.09. The summed E-state index contributed by atoms with van der Waals surface area (Å²) in [5.74, 6) is 0. The number of nitriles is 1. The van der Waals surface area contributed by atoms with Gasteiger partial charge in [-0.1, -0.05) is 0 Å². The Bertz CT molecular complexity index is 327. The van der Waals surface area contributed by atoms with Crippen molar-refractivity contribution in [3.63, 3.8) is 0 Å². The molecule has 1 aromatic rings. The lowest BCUT2D eigenvalue weighted by atomic mass is 10.2. The Hall–Kier alpha value is -0.920. The molecule has 1 rings (SSSR count). The average molecular weight is 223 g/mol. The first-order valence-corrected chi connectivity index (χ1v) is 6.08. The molecular weight excluding hydrogens is 206 g/mol. The molecule has 0 aromatic carbocycles. The zero-order chi connectivity index (χ0) is 11.1. The maximum Gasteiger partial charge on any atom is 0.109 e. The van der Waals surface area contributed by atoms with Crippen molar-refractivity contribution in [2.45, 2.75) is 39.2 Å². The maximum absolute atomic E-state index is 8.38. The minimum absolute atomic E-state index is 0.325. The molecule has 1 aromatic heterocycles. The van der Waals surface area contributed by atoms with Crippen LogP contribution < -0.4 is 5.32 Å². The Labute approximate surface area is 95.2 Å². The van der Waals surface area contributed by atoms with Gasteiger partial charge in [-0.15, -0.1) is 11.3 Å². The number of hydrogen-bond acceptors (Lipinski definition) is 4. The zero-order valence-corrected chi connectivity index (χ0v) is 10.1. The van der Waals surface area contributed by atoms with Gasteiger partial charge in [0.2, 0.25) is 0 Å². The molecule has 0 saturated heterocycles. The fourth-order valence-corrected chi connectivity index (χ4v) is 2.11. The average Bonchev–Trinajstić information content (AvgIpc) is 2.64. The van der Waals surface area contributed by atoms with Gasteiger partial charge in [0.05, 0.1) is 12.1 Å². The maximum atomic E-state index is 8.38. The van der Waals surface area contributed by atoms with Gasteiger partial charge in [0, 0.05) is 17.5 Å². The van der Waals surface area contributed by atoms with Crippen molar-refractivity contribution in [1.82, 2.24) is 10.3 Å². The van der Waals surface area contributed by atoms with E-state index in [1.165, 1.54) is 4.88 Å². The van der Waals surface area contributed by atoms with Gasteiger partial charge in [0.25, 0.3) is 0 Å². The van der Waals surface area contributed by atoms with E-state index in [-0.39, 0.29) is 0 Å². The van der Waals surface area contributed by atoms with Crippen LogP contribution in [0.2, 0.25) is 0 Å². The number of rotatable bonds is 6. The Balaban J connectivity index is 2.19. The molecule has 0 fully saturated rings. The second-order valence-corrected chi connectivity index (χ2v) is 4.87. The monoisotopic (exact) mass is 223 g/mol. The molecule has 0 bridgehead atoms. The standard InChI is InChI=1S/C11H17N3S/c1-9-8-14-11(15-9)10(2)13-7-5-3-4-6-12/h8,10,13H,3-5,7H2,1-2H3/t10-/m1/s1. The quantitative estimate of drug-likeness (QED) is 0.754. The van der Waals surface area contributed by atoms with Crippen LogP contribution in [-0.4, -0.2) is 11.5 Å². The molecule has 3 nitrogen and oxygen atoms in total. The van der Waals surface area contributed by atoms with E-state index in [4.69, 9.17) is 5.26 Å². The van der Waals surface area contributed by atoms with Crippen molar-refractivity contribution < 1.29 is 0 Å². The van der Waals surface area contributed by atoms with E-state index >= 15 is 0 Å². The molecule has 0 spiro atoms. The predicted molar refractivity (Wildman–Crippen MR) is 62.7 cm³/mol. The molecule has 1 atom stereocenters. The molecular formula is C11H17N3S. The second-order valence-electron chi connectivity index (χ2n) is 3.60. The van der Waals surface area contributed by atoms with Crippen molar-refractivity contribution in [2.24, 2.45) is 0 Å². The normalized spacial score (nSPS) is 12.3. The summed E-state index contributed by atoms with van der Waals surface area (Å²) < 4.78 is 0. The van der Waals surface area contributed by atoms with Crippen LogP contribution in [0.4, 0.5) is 0 Å². The van der Waals surface area contributed by atoms with E-state index in [1.54, 1.807) is 11.3 Å². The molecule has 82 valence electrons. The number of hydrogen-bond donors (Lipinski definition) is 1. The fraction of sp³-hybridized carbons (Fsp3) is 0.636. The highest BCUT2D eigenvalue weighted by Gasteiger charge is 2.07. The summed E-state index contributed by atoms with van der Waals surface area (Å²) in [6, 6.07) is 2.48. The highest BCUT2D eigenvalue weighted by molar-refractivity contribution is 7.11. The first-order chi connectivity index (χ1) is 7.24. The fourth-order valence-electron chi connectivity index (χ4n) is 1.31. The molecule has 0 aliphatic heterocycles. The van der Waals surface area contributed by atoms with E-state index in [0.717, 1.165) is 24.4 Å². The molecule has 1 heterocycles. The van der Waals surface area contributed by atoms with Crippen molar-refractivity contribution in [2.75, 3.05) is 6.54 Å². The van der Waals surface area contributed by atoms with Crippen LogP contribution in [-0.2, 0) is 0 Å². The van der Waals surface area contributed by atoms with Crippen molar-refractivity contribution >= 4 is 11.3 Å². The largest absolute Gasteiger partial charge is 0.308 e. The van der Waals surface area contributed by atoms with Crippen molar-refractivity contribution in [3.8, 4) is 6.07 Å². The molecule has 0 aliphatic rings. The third-order valence-corrected chi connectivity index (χ3v) is 3.27. The van der Waals surface area contributed by atoms with E-state index in [1.807, 2.05) is 6.20 Å². The SMILES string of the molecule is Cc1cnc([C@@H](C)NCCCCC#N)s1. The summed E-state index contributed by atoms with van der Waals surface area (Å²) in [6.07, 6.45) is 4.61. The van der Waals surface area contributed by atoms with Gasteiger partial charge in [-0.25, -0.2) is 4.98 Å². The predicted octanol–water partition coefficient (Wildman–Crippen LogP) is 2.80. The van der Waals surface area contributed by atoms with Crippen LogP contribution in [0.15, 0.2) is 6.20 Å². The second kappa shape index (κ2) is 6.54. The highest BCUT2D eigenvalue weighted by atomic mass is 32.1. The van der Waals surface area contributed by atoms with E-state index < -0.39 is 0 Å². The summed E-state index contributed by atoms with van der Waals surface area (Å²) >= 11 is 1.74. The topological polar surface area (TPSA) is 48.7 Å². The Morgan fingerprint density at radius 1 is 1.60 bits per heavy atom. The lowest BCUT2D eigenvalue weighted by Crippen LogP contribution is -2.19. The van der Waals surface area contributed by atoms with E-state index in [0.29, 0.717) is 12.5 Å². The van der Waals surface area contributed by atoms with Gasteiger partial charge in [-0.2, -0.15) is 5.26 Å². The minimum atomic E-state index is 0.325. The summed E-state index contributed by atoms with van der Waals surface area (Å²) in [4.78, 5) is 5.59. The number of aromatic nitrogens is 1. The molecule has 0 unspecified atom stereocenters. The van der Waals surface area contributed by atoms with Crippen LogP contribution in [0.25, 0.3) is 0 Å². The van der Waals surface area contributed by atoms with E-state index in [2.05, 4.69) is 30.2 Å². The molecule has 4 heteroatoms. The van der Waals surface area contributed by atoms with Gasteiger partial charge >= 0.3 is 0 Å². The number of thiazole rings is 1. The number of aryl methyl sites for hydroxylation is 1. The van der Waals surface area contributed by atoms with Crippen LogP contribution in [0, 0.1) is 18.3 Å². The Morgan fingerprint density at radius 2 is 2.40 bits per heavy atom. The first kappa shape index (κ1) is 12.2. The number of nitrogens with one attached hydrogen (secondary N) is 1. The number of nitrogens with zero attached hydrogens (tertiary/aromatic N) is 2. The number of unbranched alkanes of at least 4 members (excludes halogenated alkanes) is 2. The van der Waals surface area contributed by atoms with Crippen LogP contribution in [0.1, 0.15) is 42.1 Å². The Morgan fingerprint density at radius 3 is 3.00 bits per heavy atom. The molecule has 0 aliphatic carbocycles. The smallest absolute Gasteiger partial charge is 0.109 e. The van der Waals surface area contributed by atoms with Gasteiger partial charge < -0.3 is 5.32 Å². The van der Waals surface area contributed by atoms with E-state index in [9.17, 15) is 0 Å². The summed E-state index contributed by atoms with van der Waals surface area (Å²) in [5.41, 5.74) is 0. The van der Waals surface area contributed by atoms with Gasteiger partial charge in [-0.05, 0) is 33.2 Å². The molecule has 1 N–H and O–H groups in total. The lowest BCUT2D eigenvalue weighted by molar-refractivity contribution is 0.547. The molecule has 0 radical (unpaired) electrons. The molecule has 0 saturated carbocycles. The minimum Gasteiger partial charge on any atom is -0.308 e. The molecule has 0 amide bonds. The third kappa shape index (κ3) is 4.41. The van der Waals surface area contributed by atoms with Gasteiger partial charge in [0.15, 0.2) is 0 Å². The Kier molecular flexibility index (Phi) is 5.30. The van der Waals surface area contributed by atoms with Crippen LogP contribution in [0.3, 0.4) is 0 Å². The van der Waals surface area contributed by atoms with Crippen LogP contribution >= 0.6 is 11.3 Å². The summed E-state index contributed by atoms with van der Waals surface area (Å²) in [6.45, 7) is 5.16. The van der Waals surface area contributed by atoms with Gasteiger partial charge in [0.1, 0.15) is 5.01 Å². The van der Waals surface area contributed by atoms with Crippen molar-refractivity contribution in [3.05, 3.63) is 16.1 Å². The van der Waals surface area contributed by atoms with Crippen LogP contribution in [0.5, 0.6) is 0 Å². The summed E-state index contributed by atoms with van der Waals surface area (Å²) in [5, 5.41) is 12.9. The molecule has 15 heavy (non-hydrogen) atoms.